The second kappa shape index (κ2) is 6.64. The summed E-state index contributed by atoms with van der Waals surface area (Å²) in [6.45, 7) is 0.930. The molecule has 0 aromatic carbocycles. The van der Waals surface area contributed by atoms with Crippen LogP contribution in [0.2, 0.25) is 0 Å². The third-order valence-corrected chi connectivity index (χ3v) is 5.49. The summed E-state index contributed by atoms with van der Waals surface area (Å²) in [5.41, 5.74) is 1.31. The van der Waals surface area contributed by atoms with Gasteiger partial charge in [-0.3, -0.25) is 0 Å². The molecule has 2 aromatic rings. The van der Waals surface area contributed by atoms with Crippen molar-refractivity contribution in [1.29, 1.82) is 0 Å². The number of thiophene rings is 1. The molecule has 0 amide bonds. The number of rotatable bonds is 4. The van der Waals surface area contributed by atoms with Crippen molar-refractivity contribution >= 4 is 22.7 Å². The molecule has 19 heavy (non-hydrogen) atoms. The average molecular weight is 292 g/mol. The quantitative estimate of drug-likeness (QED) is 0.827. The third kappa shape index (κ3) is 3.65. The molecule has 1 saturated carbocycles. The molecule has 0 saturated heterocycles. The normalized spacial score (nSPS) is 17.5. The minimum atomic E-state index is 0.705. The van der Waals surface area contributed by atoms with E-state index in [2.05, 4.69) is 27.1 Å². The fourth-order valence-electron chi connectivity index (χ4n) is 2.65. The Bertz CT molecular complexity index is 482. The summed E-state index contributed by atoms with van der Waals surface area (Å²) in [6, 6.07) is 2.87. The molecule has 1 aliphatic carbocycles. The van der Waals surface area contributed by atoms with Gasteiger partial charge in [0.05, 0.1) is 4.88 Å². The van der Waals surface area contributed by atoms with Crippen LogP contribution in [-0.2, 0) is 6.54 Å². The van der Waals surface area contributed by atoms with Crippen molar-refractivity contribution < 1.29 is 0 Å². The van der Waals surface area contributed by atoms with Gasteiger partial charge in [0, 0.05) is 24.3 Å². The lowest BCUT2D eigenvalue weighted by molar-refractivity contribution is 0.458. The molecular weight excluding hydrogens is 272 g/mol. The van der Waals surface area contributed by atoms with Gasteiger partial charge < -0.3 is 5.32 Å². The molecule has 0 radical (unpaired) electrons. The predicted octanol–water partition coefficient (Wildman–Crippen LogP) is 4.68. The molecule has 0 atom stereocenters. The minimum absolute atomic E-state index is 0.705. The van der Waals surface area contributed by atoms with Crippen LogP contribution < -0.4 is 5.32 Å². The zero-order valence-corrected chi connectivity index (χ0v) is 12.7. The summed E-state index contributed by atoms with van der Waals surface area (Å²) in [5.74, 6) is 0. The van der Waals surface area contributed by atoms with Crippen molar-refractivity contribution in [2.45, 2.75) is 51.1 Å². The van der Waals surface area contributed by atoms with E-state index in [1.807, 2.05) is 17.5 Å². The van der Waals surface area contributed by atoms with Gasteiger partial charge in [0.25, 0.3) is 0 Å². The van der Waals surface area contributed by atoms with Gasteiger partial charge >= 0.3 is 0 Å². The van der Waals surface area contributed by atoms with Crippen LogP contribution in [0, 0.1) is 0 Å². The van der Waals surface area contributed by atoms with Crippen LogP contribution in [0.1, 0.15) is 43.5 Å². The SMILES string of the molecule is c1cc(-c2cnc(CNC3CCCCCC3)s2)cs1. The van der Waals surface area contributed by atoms with Crippen molar-refractivity contribution in [3.8, 4) is 10.4 Å². The molecule has 0 unspecified atom stereocenters. The summed E-state index contributed by atoms with van der Waals surface area (Å²) in [6.07, 6.45) is 10.3. The van der Waals surface area contributed by atoms with E-state index in [4.69, 9.17) is 0 Å². The molecular formula is C15H20N2S2. The Hall–Kier alpha value is -0.710. The van der Waals surface area contributed by atoms with Gasteiger partial charge in [-0.05, 0) is 29.7 Å². The van der Waals surface area contributed by atoms with Gasteiger partial charge in [0.15, 0.2) is 0 Å². The Morgan fingerprint density at radius 3 is 2.79 bits per heavy atom. The molecule has 1 fully saturated rings. The maximum Gasteiger partial charge on any atom is 0.107 e. The molecule has 1 N–H and O–H groups in total. The standard InChI is InChI=1S/C15H20N2S2/c1-2-4-6-13(5-3-1)16-10-15-17-9-14(19-15)12-7-8-18-11-12/h7-9,11,13,16H,1-6,10H2. The van der Waals surface area contributed by atoms with E-state index >= 15 is 0 Å². The van der Waals surface area contributed by atoms with Crippen LogP contribution >= 0.6 is 22.7 Å². The molecule has 4 heteroatoms. The highest BCUT2D eigenvalue weighted by Crippen LogP contribution is 2.28. The molecule has 2 heterocycles. The third-order valence-electron chi connectivity index (χ3n) is 3.76. The zero-order valence-electron chi connectivity index (χ0n) is 11.1. The summed E-state index contributed by atoms with van der Waals surface area (Å²) in [7, 11) is 0. The van der Waals surface area contributed by atoms with E-state index in [0.29, 0.717) is 6.04 Å². The number of hydrogen-bond acceptors (Lipinski definition) is 4. The highest BCUT2D eigenvalue weighted by molar-refractivity contribution is 7.15. The van der Waals surface area contributed by atoms with Gasteiger partial charge in [-0.1, -0.05) is 25.7 Å². The molecule has 0 spiro atoms. The molecule has 3 rings (SSSR count). The smallest absolute Gasteiger partial charge is 0.107 e. The largest absolute Gasteiger partial charge is 0.308 e. The lowest BCUT2D eigenvalue weighted by atomic mass is 10.1. The molecule has 0 bridgehead atoms. The van der Waals surface area contributed by atoms with Crippen LogP contribution in [0.15, 0.2) is 23.0 Å². The average Bonchev–Trinajstić information content (AvgIpc) is 3.04. The highest BCUT2D eigenvalue weighted by atomic mass is 32.1. The van der Waals surface area contributed by atoms with Gasteiger partial charge in [-0.15, -0.1) is 11.3 Å². The van der Waals surface area contributed by atoms with E-state index in [9.17, 15) is 0 Å². The Balaban J connectivity index is 1.55. The monoisotopic (exact) mass is 292 g/mol. The summed E-state index contributed by atoms with van der Waals surface area (Å²) in [4.78, 5) is 5.83. The zero-order chi connectivity index (χ0) is 12.9. The van der Waals surface area contributed by atoms with Crippen LogP contribution in [0.3, 0.4) is 0 Å². The summed E-state index contributed by atoms with van der Waals surface area (Å²) < 4.78 is 0. The van der Waals surface area contributed by atoms with E-state index in [1.165, 1.54) is 54.0 Å². The Labute approximate surface area is 122 Å². The lowest BCUT2D eigenvalue weighted by Gasteiger charge is -2.14. The Morgan fingerprint density at radius 1 is 1.21 bits per heavy atom. The van der Waals surface area contributed by atoms with Crippen LogP contribution in [0.25, 0.3) is 10.4 Å². The predicted molar refractivity (Wildman–Crippen MR) is 83.8 cm³/mol. The number of nitrogens with zero attached hydrogens (tertiary/aromatic N) is 1. The molecule has 2 nitrogen and oxygen atoms in total. The van der Waals surface area contributed by atoms with Crippen molar-refractivity contribution in [2.24, 2.45) is 0 Å². The first-order valence-electron chi connectivity index (χ1n) is 7.12. The van der Waals surface area contributed by atoms with Gasteiger partial charge in [-0.25, -0.2) is 4.98 Å². The summed E-state index contributed by atoms with van der Waals surface area (Å²) >= 11 is 3.56. The molecule has 0 aliphatic heterocycles. The second-order valence-electron chi connectivity index (χ2n) is 5.20. The topological polar surface area (TPSA) is 24.9 Å². The number of nitrogens with one attached hydrogen (secondary N) is 1. The fourth-order valence-corrected chi connectivity index (χ4v) is 4.24. The number of hydrogen-bond donors (Lipinski definition) is 1. The van der Waals surface area contributed by atoms with Crippen LogP contribution in [-0.4, -0.2) is 11.0 Å². The van der Waals surface area contributed by atoms with Gasteiger partial charge in [-0.2, -0.15) is 11.3 Å². The lowest BCUT2D eigenvalue weighted by Crippen LogP contribution is -2.27. The van der Waals surface area contributed by atoms with Gasteiger partial charge in [0.2, 0.25) is 0 Å². The van der Waals surface area contributed by atoms with E-state index in [-0.39, 0.29) is 0 Å². The second-order valence-corrected chi connectivity index (χ2v) is 7.09. The Kier molecular flexibility index (Phi) is 4.64. The van der Waals surface area contributed by atoms with Crippen molar-refractivity contribution in [3.63, 3.8) is 0 Å². The molecule has 2 aromatic heterocycles. The number of thiazole rings is 1. The van der Waals surface area contributed by atoms with Crippen LogP contribution in [0.4, 0.5) is 0 Å². The van der Waals surface area contributed by atoms with E-state index in [0.717, 1.165) is 6.54 Å². The van der Waals surface area contributed by atoms with Crippen molar-refractivity contribution in [3.05, 3.63) is 28.0 Å². The van der Waals surface area contributed by atoms with E-state index in [1.54, 1.807) is 11.3 Å². The Morgan fingerprint density at radius 2 is 2.05 bits per heavy atom. The first-order valence-corrected chi connectivity index (χ1v) is 8.88. The highest BCUT2D eigenvalue weighted by Gasteiger charge is 2.12. The maximum atomic E-state index is 4.54. The van der Waals surface area contributed by atoms with Crippen molar-refractivity contribution in [1.82, 2.24) is 10.3 Å². The molecule has 1 aliphatic rings. The first kappa shape index (κ1) is 13.3. The first-order chi connectivity index (χ1) is 9.42. The van der Waals surface area contributed by atoms with E-state index < -0.39 is 0 Å². The molecule has 102 valence electrons. The number of aromatic nitrogens is 1. The van der Waals surface area contributed by atoms with Crippen molar-refractivity contribution in [2.75, 3.05) is 0 Å². The minimum Gasteiger partial charge on any atom is -0.308 e. The fraction of sp³-hybridized carbons (Fsp3) is 0.533. The maximum absolute atomic E-state index is 4.54. The van der Waals surface area contributed by atoms with Gasteiger partial charge in [0.1, 0.15) is 5.01 Å². The summed E-state index contributed by atoms with van der Waals surface area (Å²) in [5, 5.41) is 9.21. The van der Waals surface area contributed by atoms with Crippen LogP contribution in [0.5, 0.6) is 0 Å².